The van der Waals surface area contributed by atoms with Crippen LogP contribution in [0.5, 0.6) is 0 Å². The SMILES string of the molecule is CCCNC[C@]1(O)[C@H](C)O[C@@H](O[C@H]2[C@H](C)[C@@H](O[C@@H]3O[C@H](C)C[C@H](N(C)S(=O)(=O)c4ccc(Cl)cc4)[C@H]3O)[C@](C)(O)C[C@@H](C)CN(CC)[C@H](C)[C@@H](O)[C@](C)(O)[C@@H](CC)OC(=O)[C@@H]2C)C[C@@]1(C)OC. The number of sulfonamides is 1. The lowest BCUT2D eigenvalue weighted by Gasteiger charge is -2.53. The molecule has 0 amide bonds. The van der Waals surface area contributed by atoms with Crippen LogP contribution in [0.2, 0.25) is 5.02 Å². The van der Waals surface area contributed by atoms with Gasteiger partial charge in [-0.1, -0.05) is 46.2 Å². The molecule has 67 heavy (non-hydrogen) atoms. The molecule has 3 saturated heterocycles. The molecule has 0 radical (unpaired) electrons. The lowest BCUT2D eigenvalue weighted by molar-refractivity contribution is -0.336. The number of aliphatic hydroxyl groups excluding tert-OH is 2. The molecule has 6 N–H and O–H groups in total. The summed E-state index contributed by atoms with van der Waals surface area (Å²) in [5.74, 6) is -3.12. The third kappa shape index (κ3) is 12.7. The van der Waals surface area contributed by atoms with Gasteiger partial charge in [-0.15, -0.1) is 0 Å². The number of cyclic esters (lactones) is 1. The first-order chi connectivity index (χ1) is 31.1. The number of carbonyl (C=O) groups is 1. The minimum absolute atomic E-state index is 0.0172. The Kier molecular flexibility index (Phi) is 20.2. The van der Waals surface area contributed by atoms with Gasteiger partial charge < -0.3 is 59.3 Å². The predicted molar refractivity (Wildman–Crippen MR) is 254 cm³/mol. The first kappa shape index (κ1) is 58.0. The van der Waals surface area contributed by atoms with Crippen LogP contribution in [-0.2, 0) is 43.2 Å². The summed E-state index contributed by atoms with van der Waals surface area (Å²) in [7, 11) is -1.27. The average Bonchev–Trinajstić information content (AvgIpc) is 3.26. The van der Waals surface area contributed by atoms with Crippen molar-refractivity contribution in [3.63, 3.8) is 0 Å². The molecule has 3 fully saturated rings. The zero-order valence-electron chi connectivity index (χ0n) is 42.3. The fourth-order valence-electron chi connectivity index (χ4n) is 10.7. The van der Waals surface area contributed by atoms with Crippen LogP contribution in [0, 0.1) is 17.8 Å². The van der Waals surface area contributed by atoms with Gasteiger partial charge >= 0.3 is 5.97 Å². The quantitative estimate of drug-likeness (QED) is 0.114. The summed E-state index contributed by atoms with van der Waals surface area (Å²) in [5, 5.41) is 64.6. The minimum Gasteiger partial charge on any atom is -0.459 e. The van der Waals surface area contributed by atoms with Gasteiger partial charge in [0, 0.05) is 50.7 Å². The molecule has 1 aromatic rings. The number of ether oxygens (including phenoxy) is 6. The Morgan fingerprint density at radius 2 is 1.58 bits per heavy atom. The van der Waals surface area contributed by atoms with Crippen molar-refractivity contribution in [1.29, 1.82) is 0 Å². The molecule has 0 unspecified atom stereocenters. The molecule has 3 heterocycles. The van der Waals surface area contributed by atoms with E-state index < -0.39 is 118 Å². The van der Waals surface area contributed by atoms with Crippen LogP contribution in [0.25, 0.3) is 0 Å². The summed E-state index contributed by atoms with van der Waals surface area (Å²) in [4.78, 5) is 16.6. The molecule has 4 rings (SSSR count). The summed E-state index contributed by atoms with van der Waals surface area (Å²) in [5.41, 5.74) is -6.35. The first-order valence-corrected chi connectivity index (χ1v) is 26.0. The molecule has 18 atom stereocenters. The molecule has 0 spiro atoms. The number of esters is 1. The lowest BCUT2D eigenvalue weighted by Crippen LogP contribution is -2.70. The number of hydrogen-bond donors (Lipinski definition) is 6. The molecule has 17 nitrogen and oxygen atoms in total. The number of halogens is 1. The number of carbonyl (C=O) groups excluding carboxylic acids is 1. The zero-order chi connectivity index (χ0) is 50.6. The fourth-order valence-corrected chi connectivity index (χ4v) is 12.2. The largest absolute Gasteiger partial charge is 0.459 e. The highest BCUT2D eigenvalue weighted by Crippen LogP contribution is 2.43. The van der Waals surface area contributed by atoms with Gasteiger partial charge in [0.25, 0.3) is 0 Å². The third-order valence-electron chi connectivity index (χ3n) is 15.0. The van der Waals surface area contributed by atoms with Crippen molar-refractivity contribution in [3.8, 4) is 0 Å². The number of nitrogens with zero attached hydrogens (tertiary/aromatic N) is 2. The summed E-state index contributed by atoms with van der Waals surface area (Å²) in [6.45, 7) is 22.8. The second-order valence-corrected chi connectivity index (χ2v) is 22.8. The smallest absolute Gasteiger partial charge is 0.311 e. The van der Waals surface area contributed by atoms with Crippen molar-refractivity contribution in [2.75, 3.05) is 40.3 Å². The second-order valence-electron chi connectivity index (χ2n) is 20.3. The van der Waals surface area contributed by atoms with E-state index in [9.17, 15) is 38.7 Å². The molecule has 0 bridgehead atoms. The number of hydrogen-bond acceptors (Lipinski definition) is 16. The van der Waals surface area contributed by atoms with Gasteiger partial charge in [0.2, 0.25) is 10.0 Å². The van der Waals surface area contributed by atoms with E-state index in [2.05, 4.69) is 5.32 Å². The van der Waals surface area contributed by atoms with Crippen molar-refractivity contribution < 1.29 is 67.2 Å². The molecule has 3 aliphatic heterocycles. The van der Waals surface area contributed by atoms with Crippen molar-refractivity contribution in [1.82, 2.24) is 14.5 Å². The predicted octanol–water partition coefficient (Wildman–Crippen LogP) is 4.07. The summed E-state index contributed by atoms with van der Waals surface area (Å²) >= 11 is 6.08. The molecule has 0 saturated carbocycles. The van der Waals surface area contributed by atoms with Crippen molar-refractivity contribution >= 4 is 27.6 Å². The molecule has 0 aliphatic carbocycles. The highest BCUT2D eigenvalue weighted by atomic mass is 35.5. The summed E-state index contributed by atoms with van der Waals surface area (Å²) in [6, 6.07) is 4.09. The number of methoxy groups -OCH3 is 1. The summed E-state index contributed by atoms with van der Waals surface area (Å²) < 4.78 is 67.7. The Morgan fingerprint density at radius 1 is 0.955 bits per heavy atom. The van der Waals surface area contributed by atoms with Crippen LogP contribution < -0.4 is 5.32 Å². The molecule has 19 heteroatoms. The fraction of sp³-hybridized carbons (Fsp3) is 0.854. The van der Waals surface area contributed by atoms with E-state index in [0.29, 0.717) is 24.7 Å². The van der Waals surface area contributed by atoms with Gasteiger partial charge in [0.15, 0.2) is 12.6 Å². The number of aliphatic hydroxyl groups is 5. The van der Waals surface area contributed by atoms with Gasteiger partial charge in [-0.2, -0.15) is 4.31 Å². The first-order valence-electron chi connectivity index (χ1n) is 24.2. The van der Waals surface area contributed by atoms with Crippen LogP contribution in [0.15, 0.2) is 29.2 Å². The van der Waals surface area contributed by atoms with Crippen LogP contribution >= 0.6 is 11.6 Å². The maximum atomic E-state index is 14.6. The van der Waals surface area contributed by atoms with E-state index in [1.807, 2.05) is 25.7 Å². The normalized spacial score (nSPS) is 42.5. The Hall–Kier alpha value is -1.59. The van der Waals surface area contributed by atoms with Gasteiger partial charge in [-0.05, 0) is 117 Å². The molecular formula is C48H84ClN3O14S. The maximum Gasteiger partial charge on any atom is 0.311 e. The number of likely N-dealkylation sites (N-methyl/N-ethyl adjacent to an activating group) is 2. The van der Waals surface area contributed by atoms with Crippen LogP contribution in [0.1, 0.15) is 115 Å². The Balaban J connectivity index is 1.85. The molecule has 0 aromatic heterocycles. The van der Waals surface area contributed by atoms with Crippen LogP contribution in [0.4, 0.5) is 0 Å². The monoisotopic (exact) mass is 994 g/mol. The van der Waals surface area contributed by atoms with Gasteiger partial charge in [-0.25, -0.2) is 8.42 Å². The van der Waals surface area contributed by atoms with E-state index in [1.165, 1.54) is 45.3 Å². The van der Waals surface area contributed by atoms with Gasteiger partial charge in [-0.3, -0.25) is 9.69 Å². The Labute approximate surface area is 405 Å². The highest BCUT2D eigenvalue weighted by molar-refractivity contribution is 7.89. The second kappa shape index (κ2) is 23.3. The molecule has 3 aliphatic rings. The molecule has 1 aromatic carbocycles. The third-order valence-corrected chi connectivity index (χ3v) is 17.2. The molecule has 388 valence electrons. The van der Waals surface area contributed by atoms with Gasteiger partial charge in [0.05, 0.1) is 46.9 Å². The maximum absolute atomic E-state index is 14.6. The number of nitrogens with one attached hydrogen (secondary N) is 1. The highest BCUT2D eigenvalue weighted by Gasteiger charge is 2.58. The lowest BCUT2D eigenvalue weighted by atomic mass is 9.75. The number of rotatable bonds is 14. The van der Waals surface area contributed by atoms with Gasteiger partial charge in [0.1, 0.15) is 35.1 Å². The Bertz CT molecular complexity index is 1850. The van der Waals surface area contributed by atoms with E-state index >= 15 is 0 Å². The van der Waals surface area contributed by atoms with Crippen molar-refractivity contribution in [3.05, 3.63) is 29.3 Å². The van der Waals surface area contributed by atoms with E-state index in [0.717, 1.165) is 10.7 Å². The van der Waals surface area contributed by atoms with Crippen LogP contribution in [0.3, 0.4) is 0 Å². The van der Waals surface area contributed by atoms with E-state index in [1.54, 1.807) is 55.4 Å². The van der Waals surface area contributed by atoms with Crippen molar-refractivity contribution in [2.24, 2.45) is 17.8 Å². The van der Waals surface area contributed by atoms with Crippen LogP contribution in [-0.4, -0.2) is 179 Å². The standard InChI is InChI=1S/C48H84ClN3O14S/c1-15-22-50-27-48(58)33(9)63-38(25-46(48,11)61-14)65-40-30(6)42(66-44-39(53)36(23-29(5)62-44)51(13)67(59,60)35-20-18-34(49)19-21-35)45(10,56)24-28(4)26-52(17-3)32(8)41(54)47(12,57)37(16-2)64-43(55)31(40)7/h18-21,28-33,36-42,44,50,53-54,56-58H,15-17,22-27H2,1-14H3/t28-,29-,30+,31-,32-,33+,36+,37-,38+,39-,40+,41-,42-,44+,45-,46-,47-,48+/m1/s1. The molecular weight excluding hydrogens is 910 g/mol. The zero-order valence-corrected chi connectivity index (χ0v) is 43.9. The van der Waals surface area contributed by atoms with Crippen molar-refractivity contribution in [2.45, 2.75) is 210 Å². The average molecular weight is 995 g/mol. The van der Waals surface area contributed by atoms with E-state index in [4.69, 9.17) is 40.0 Å². The topological polar surface area (TPSA) is 226 Å². The summed E-state index contributed by atoms with van der Waals surface area (Å²) in [6.07, 6.45) is -9.32. The van der Waals surface area contributed by atoms with E-state index in [-0.39, 0.29) is 43.0 Å². The Morgan fingerprint density at radius 3 is 2.15 bits per heavy atom. The minimum atomic E-state index is -4.15. The number of benzene rings is 1.